The maximum atomic E-state index is 13.1. The summed E-state index contributed by atoms with van der Waals surface area (Å²) in [6.45, 7) is 0. The molecule has 1 aromatic heterocycles. The standard InChI is InChI=1S/C7H3ClFN3O/c8-7(13)3-1-5-6(2-4(3)9)11-12-10-5/h1-2H,(H,10,11,12). The maximum Gasteiger partial charge on any atom is 0.255 e. The highest BCUT2D eigenvalue weighted by atomic mass is 35.5. The molecular weight excluding hydrogens is 197 g/mol. The summed E-state index contributed by atoms with van der Waals surface area (Å²) in [5, 5.41) is 8.69. The Morgan fingerprint density at radius 1 is 1.54 bits per heavy atom. The Balaban J connectivity index is 2.76. The lowest BCUT2D eigenvalue weighted by Gasteiger charge is -1.94. The normalized spacial score (nSPS) is 10.6. The summed E-state index contributed by atoms with van der Waals surface area (Å²) < 4.78 is 13.1. The van der Waals surface area contributed by atoms with E-state index in [0.717, 1.165) is 6.07 Å². The van der Waals surface area contributed by atoms with Gasteiger partial charge < -0.3 is 0 Å². The molecule has 0 radical (unpaired) electrons. The summed E-state index contributed by atoms with van der Waals surface area (Å²) in [4.78, 5) is 10.7. The molecule has 66 valence electrons. The van der Waals surface area contributed by atoms with Gasteiger partial charge in [0.25, 0.3) is 5.24 Å². The van der Waals surface area contributed by atoms with Gasteiger partial charge in [-0.3, -0.25) is 9.89 Å². The second-order valence-corrected chi connectivity index (χ2v) is 2.78. The second kappa shape index (κ2) is 2.77. The number of hydrogen-bond donors (Lipinski definition) is 1. The second-order valence-electron chi connectivity index (χ2n) is 2.43. The van der Waals surface area contributed by atoms with Crippen molar-refractivity contribution >= 4 is 27.9 Å². The highest BCUT2D eigenvalue weighted by Gasteiger charge is 2.11. The van der Waals surface area contributed by atoms with Crippen LogP contribution in [-0.4, -0.2) is 20.7 Å². The molecule has 1 aromatic carbocycles. The van der Waals surface area contributed by atoms with Crippen LogP contribution in [0.15, 0.2) is 12.1 Å². The molecule has 0 amide bonds. The molecule has 2 aromatic rings. The van der Waals surface area contributed by atoms with Gasteiger partial charge in [-0.25, -0.2) is 4.39 Å². The molecule has 0 atom stereocenters. The number of aromatic nitrogens is 3. The third kappa shape index (κ3) is 1.27. The number of aromatic amines is 1. The van der Waals surface area contributed by atoms with Gasteiger partial charge >= 0.3 is 0 Å². The monoisotopic (exact) mass is 199 g/mol. The number of carbonyl (C=O) groups excluding carboxylic acids is 1. The Bertz CT molecular complexity index is 482. The number of fused-ring (bicyclic) bond motifs is 1. The van der Waals surface area contributed by atoms with Crippen LogP contribution in [0.4, 0.5) is 4.39 Å². The quantitative estimate of drug-likeness (QED) is 0.708. The Labute approximate surface area is 76.7 Å². The average Bonchev–Trinajstić information content (AvgIpc) is 2.48. The van der Waals surface area contributed by atoms with E-state index in [2.05, 4.69) is 15.4 Å². The molecule has 0 aliphatic heterocycles. The van der Waals surface area contributed by atoms with Gasteiger partial charge in [0.2, 0.25) is 0 Å². The fourth-order valence-corrected chi connectivity index (χ4v) is 1.16. The minimum absolute atomic E-state index is 0.192. The summed E-state index contributed by atoms with van der Waals surface area (Å²) in [5.74, 6) is -0.682. The molecule has 13 heavy (non-hydrogen) atoms. The van der Waals surface area contributed by atoms with E-state index < -0.39 is 11.1 Å². The van der Waals surface area contributed by atoms with Crippen molar-refractivity contribution in [3.63, 3.8) is 0 Å². The van der Waals surface area contributed by atoms with Crippen molar-refractivity contribution in [2.75, 3.05) is 0 Å². The van der Waals surface area contributed by atoms with Gasteiger partial charge in [0.15, 0.2) is 0 Å². The van der Waals surface area contributed by atoms with Crippen LogP contribution in [0.2, 0.25) is 0 Å². The van der Waals surface area contributed by atoms with Gasteiger partial charge in [0.05, 0.1) is 11.1 Å². The molecule has 0 spiro atoms. The topological polar surface area (TPSA) is 58.6 Å². The van der Waals surface area contributed by atoms with Crippen molar-refractivity contribution in [1.29, 1.82) is 0 Å². The van der Waals surface area contributed by atoms with E-state index in [0.29, 0.717) is 11.0 Å². The summed E-state index contributed by atoms with van der Waals surface area (Å²) in [6.07, 6.45) is 0. The molecule has 1 N–H and O–H groups in total. The first-order valence-corrected chi connectivity index (χ1v) is 3.76. The Kier molecular flexibility index (Phi) is 1.73. The predicted molar refractivity (Wildman–Crippen MR) is 44.0 cm³/mol. The highest BCUT2D eigenvalue weighted by molar-refractivity contribution is 6.67. The average molecular weight is 200 g/mol. The first kappa shape index (κ1) is 8.12. The van der Waals surface area contributed by atoms with E-state index in [1.165, 1.54) is 6.07 Å². The molecular formula is C7H3ClFN3O. The zero-order valence-corrected chi connectivity index (χ0v) is 6.97. The van der Waals surface area contributed by atoms with Crippen molar-refractivity contribution < 1.29 is 9.18 Å². The van der Waals surface area contributed by atoms with Gasteiger partial charge in [-0.05, 0) is 17.7 Å². The first-order valence-electron chi connectivity index (χ1n) is 3.38. The first-order chi connectivity index (χ1) is 6.18. The fraction of sp³-hybridized carbons (Fsp3) is 0. The summed E-state index contributed by atoms with van der Waals surface area (Å²) in [6, 6.07) is 2.38. The molecule has 2 rings (SSSR count). The predicted octanol–water partition coefficient (Wildman–Crippen LogP) is 1.48. The number of H-pyrrole nitrogens is 1. The number of halogens is 2. The molecule has 6 heteroatoms. The van der Waals surface area contributed by atoms with Crippen LogP contribution in [0.25, 0.3) is 11.0 Å². The van der Waals surface area contributed by atoms with Crippen LogP contribution in [0.3, 0.4) is 0 Å². The van der Waals surface area contributed by atoms with E-state index in [1.807, 2.05) is 0 Å². The minimum Gasteiger partial charge on any atom is -0.275 e. The largest absolute Gasteiger partial charge is 0.275 e. The smallest absolute Gasteiger partial charge is 0.255 e. The Morgan fingerprint density at radius 2 is 2.31 bits per heavy atom. The van der Waals surface area contributed by atoms with Gasteiger partial charge in [0, 0.05) is 6.07 Å². The number of nitrogens with one attached hydrogen (secondary N) is 1. The number of benzene rings is 1. The molecule has 1 heterocycles. The molecule has 0 fully saturated rings. The zero-order chi connectivity index (χ0) is 9.42. The summed E-state index contributed by atoms with van der Waals surface area (Å²) in [7, 11) is 0. The molecule has 0 saturated heterocycles. The molecule has 0 unspecified atom stereocenters. The number of hydrogen-bond acceptors (Lipinski definition) is 3. The fourth-order valence-electron chi connectivity index (χ4n) is 1.02. The number of rotatable bonds is 1. The van der Waals surface area contributed by atoms with Crippen molar-refractivity contribution in [3.8, 4) is 0 Å². The molecule has 0 aliphatic rings. The lowest BCUT2D eigenvalue weighted by atomic mass is 10.2. The van der Waals surface area contributed by atoms with Crippen LogP contribution in [0.5, 0.6) is 0 Å². The minimum atomic E-state index is -0.845. The Morgan fingerprint density at radius 3 is 3.00 bits per heavy atom. The van der Waals surface area contributed by atoms with Crippen molar-refractivity contribution in [3.05, 3.63) is 23.5 Å². The van der Waals surface area contributed by atoms with E-state index in [4.69, 9.17) is 11.6 Å². The third-order valence-corrected chi connectivity index (χ3v) is 1.83. The van der Waals surface area contributed by atoms with Gasteiger partial charge in [-0.1, -0.05) is 5.21 Å². The van der Waals surface area contributed by atoms with Crippen LogP contribution >= 0.6 is 11.6 Å². The van der Waals surface area contributed by atoms with Crippen molar-refractivity contribution in [1.82, 2.24) is 15.4 Å². The summed E-state index contributed by atoms with van der Waals surface area (Å²) >= 11 is 5.14. The lowest BCUT2D eigenvalue weighted by Crippen LogP contribution is -1.93. The van der Waals surface area contributed by atoms with E-state index in [1.54, 1.807) is 0 Å². The van der Waals surface area contributed by atoms with Crippen LogP contribution < -0.4 is 0 Å². The third-order valence-electron chi connectivity index (χ3n) is 1.63. The molecule has 0 saturated carbocycles. The lowest BCUT2D eigenvalue weighted by molar-refractivity contribution is 0.107. The van der Waals surface area contributed by atoms with Gasteiger partial charge in [-0.2, -0.15) is 0 Å². The molecule has 4 nitrogen and oxygen atoms in total. The van der Waals surface area contributed by atoms with Crippen molar-refractivity contribution in [2.24, 2.45) is 0 Å². The molecule has 0 aliphatic carbocycles. The Hall–Kier alpha value is -1.49. The highest BCUT2D eigenvalue weighted by Crippen LogP contribution is 2.16. The zero-order valence-electron chi connectivity index (χ0n) is 6.21. The SMILES string of the molecule is O=C(Cl)c1cc2nn[nH]c2cc1F. The van der Waals surface area contributed by atoms with Crippen LogP contribution in [0, 0.1) is 5.82 Å². The maximum absolute atomic E-state index is 13.1. The van der Waals surface area contributed by atoms with Crippen LogP contribution in [0.1, 0.15) is 10.4 Å². The summed E-state index contributed by atoms with van der Waals surface area (Å²) in [5.41, 5.74) is 0.646. The van der Waals surface area contributed by atoms with Crippen LogP contribution in [-0.2, 0) is 0 Å². The van der Waals surface area contributed by atoms with Crippen molar-refractivity contribution in [2.45, 2.75) is 0 Å². The van der Waals surface area contributed by atoms with E-state index >= 15 is 0 Å². The van der Waals surface area contributed by atoms with E-state index in [9.17, 15) is 9.18 Å². The van der Waals surface area contributed by atoms with Gasteiger partial charge in [-0.15, -0.1) is 5.10 Å². The molecule has 0 bridgehead atoms. The van der Waals surface area contributed by atoms with E-state index in [-0.39, 0.29) is 5.56 Å². The number of carbonyl (C=O) groups is 1. The number of nitrogens with zero attached hydrogens (tertiary/aromatic N) is 2. The van der Waals surface area contributed by atoms with Gasteiger partial charge in [0.1, 0.15) is 11.3 Å².